The standard InChI is InChI=1S/C20H29N3O2/c1-15-7-8-18(12-16(15)2)21-19(24)14-22-9-5-6-17(13-22)20(25)23-10-3-4-11-23/h7-8,12,17H,3-6,9-11,13-14H2,1-2H3,(H,21,24)/t17-/m1/s1. The number of hydrogen-bond acceptors (Lipinski definition) is 3. The normalized spacial score (nSPS) is 21.4. The highest BCUT2D eigenvalue weighted by atomic mass is 16.2. The molecule has 3 rings (SSSR count). The molecule has 1 aromatic carbocycles. The Balaban J connectivity index is 1.52. The Hall–Kier alpha value is -1.88. The molecule has 1 atom stereocenters. The van der Waals surface area contributed by atoms with E-state index in [4.69, 9.17) is 0 Å². The molecule has 0 unspecified atom stereocenters. The molecule has 0 aromatic heterocycles. The van der Waals surface area contributed by atoms with Crippen LogP contribution >= 0.6 is 0 Å². The number of benzene rings is 1. The molecule has 2 heterocycles. The first kappa shape index (κ1) is 17.9. The molecule has 5 nitrogen and oxygen atoms in total. The van der Waals surface area contributed by atoms with E-state index in [1.807, 2.05) is 30.0 Å². The number of carbonyl (C=O) groups excluding carboxylic acids is 2. The molecule has 2 aliphatic heterocycles. The molecule has 136 valence electrons. The van der Waals surface area contributed by atoms with Gasteiger partial charge in [0.25, 0.3) is 0 Å². The Morgan fingerprint density at radius 2 is 1.84 bits per heavy atom. The monoisotopic (exact) mass is 343 g/mol. The van der Waals surface area contributed by atoms with Crippen LogP contribution in [0, 0.1) is 19.8 Å². The molecule has 0 saturated carbocycles. The van der Waals surface area contributed by atoms with E-state index >= 15 is 0 Å². The molecular weight excluding hydrogens is 314 g/mol. The van der Waals surface area contributed by atoms with Crippen molar-refractivity contribution in [1.82, 2.24) is 9.80 Å². The van der Waals surface area contributed by atoms with Crippen molar-refractivity contribution in [3.63, 3.8) is 0 Å². The lowest BCUT2D eigenvalue weighted by molar-refractivity contribution is -0.136. The van der Waals surface area contributed by atoms with Crippen LogP contribution < -0.4 is 5.32 Å². The van der Waals surface area contributed by atoms with Crippen LogP contribution in [0.25, 0.3) is 0 Å². The third-order valence-corrected chi connectivity index (χ3v) is 5.43. The molecule has 2 fully saturated rings. The van der Waals surface area contributed by atoms with Crippen molar-refractivity contribution in [2.75, 3.05) is 38.0 Å². The maximum absolute atomic E-state index is 12.6. The Morgan fingerprint density at radius 1 is 1.08 bits per heavy atom. The molecule has 0 aliphatic carbocycles. The van der Waals surface area contributed by atoms with Crippen molar-refractivity contribution in [1.29, 1.82) is 0 Å². The smallest absolute Gasteiger partial charge is 0.238 e. The lowest BCUT2D eigenvalue weighted by atomic mass is 9.96. The van der Waals surface area contributed by atoms with Gasteiger partial charge < -0.3 is 10.2 Å². The first-order chi connectivity index (χ1) is 12.0. The summed E-state index contributed by atoms with van der Waals surface area (Å²) in [6, 6.07) is 5.97. The van der Waals surface area contributed by atoms with Crippen LogP contribution in [0.4, 0.5) is 5.69 Å². The summed E-state index contributed by atoms with van der Waals surface area (Å²) in [6.45, 7) is 7.87. The molecule has 2 aliphatic rings. The number of aryl methyl sites for hydroxylation is 2. The van der Waals surface area contributed by atoms with E-state index in [9.17, 15) is 9.59 Å². The van der Waals surface area contributed by atoms with E-state index in [1.54, 1.807) is 0 Å². The van der Waals surface area contributed by atoms with Gasteiger partial charge in [0.1, 0.15) is 0 Å². The van der Waals surface area contributed by atoms with Crippen molar-refractivity contribution in [3.05, 3.63) is 29.3 Å². The fourth-order valence-corrected chi connectivity index (χ4v) is 3.82. The summed E-state index contributed by atoms with van der Waals surface area (Å²) in [5.41, 5.74) is 3.24. The lowest BCUT2D eigenvalue weighted by Gasteiger charge is -2.33. The van der Waals surface area contributed by atoms with Gasteiger partial charge in [-0.05, 0) is 69.3 Å². The van der Waals surface area contributed by atoms with Crippen molar-refractivity contribution < 1.29 is 9.59 Å². The zero-order chi connectivity index (χ0) is 17.8. The average molecular weight is 343 g/mol. The maximum Gasteiger partial charge on any atom is 0.238 e. The number of nitrogens with one attached hydrogen (secondary N) is 1. The highest BCUT2D eigenvalue weighted by Gasteiger charge is 2.30. The fourth-order valence-electron chi connectivity index (χ4n) is 3.82. The maximum atomic E-state index is 12.6. The average Bonchev–Trinajstić information content (AvgIpc) is 3.12. The fraction of sp³-hybridized carbons (Fsp3) is 0.600. The molecule has 2 saturated heterocycles. The summed E-state index contributed by atoms with van der Waals surface area (Å²) in [6.07, 6.45) is 4.19. The number of anilines is 1. The van der Waals surface area contributed by atoms with E-state index in [-0.39, 0.29) is 17.7 Å². The first-order valence-corrected chi connectivity index (χ1v) is 9.41. The summed E-state index contributed by atoms with van der Waals surface area (Å²) >= 11 is 0. The number of hydrogen-bond donors (Lipinski definition) is 1. The Morgan fingerprint density at radius 3 is 2.56 bits per heavy atom. The van der Waals surface area contributed by atoms with Crippen LogP contribution in [0.2, 0.25) is 0 Å². The van der Waals surface area contributed by atoms with Gasteiger partial charge in [0.15, 0.2) is 0 Å². The van der Waals surface area contributed by atoms with Gasteiger partial charge in [-0.1, -0.05) is 6.07 Å². The Bertz CT molecular complexity index is 638. The number of piperidine rings is 1. The molecular formula is C20H29N3O2. The lowest BCUT2D eigenvalue weighted by Crippen LogP contribution is -2.46. The molecule has 5 heteroatoms. The summed E-state index contributed by atoms with van der Waals surface area (Å²) in [4.78, 5) is 29.1. The molecule has 0 bridgehead atoms. The van der Waals surface area contributed by atoms with Crippen LogP contribution in [0.15, 0.2) is 18.2 Å². The highest BCUT2D eigenvalue weighted by Crippen LogP contribution is 2.21. The molecule has 0 spiro atoms. The zero-order valence-electron chi connectivity index (χ0n) is 15.4. The van der Waals surface area contributed by atoms with Gasteiger partial charge in [0.2, 0.25) is 11.8 Å². The molecule has 0 radical (unpaired) electrons. The van der Waals surface area contributed by atoms with Crippen molar-refractivity contribution in [2.24, 2.45) is 5.92 Å². The summed E-state index contributed by atoms with van der Waals surface area (Å²) in [5, 5.41) is 2.98. The number of carbonyl (C=O) groups is 2. The second-order valence-electron chi connectivity index (χ2n) is 7.45. The van der Waals surface area contributed by atoms with Gasteiger partial charge in [-0.2, -0.15) is 0 Å². The molecule has 1 N–H and O–H groups in total. The van der Waals surface area contributed by atoms with Gasteiger partial charge in [-0.15, -0.1) is 0 Å². The van der Waals surface area contributed by atoms with Crippen LogP contribution in [0.3, 0.4) is 0 Å². The number of nitrogens with zero attached hydrogens (tertiary/aromatic N) is 2. The summed E-state index contributed by atoms with van der Waals surface area (Å²) < 4.78 is 0. The molecule has 2 amide bonds. The van der Waals surface area contributed by atoms with Crippen molar-refractivity contribution >= 4 is 17.5 Å². The van der Waals surface area contributed by atoms with Crippen molar-refractivity contribution in [3.8, 4) is 0 Å². The minimum absolute atomic E-state index is 0.00229. The van der Waals surface area contributed by atoms with E-state index in [0.717, 1.165) is 51.0 Å². The van der Waals surface area contributed by atoms with Crippen LogP contribution in [0.1, 0.15) is 36.8 Å². The molecule has 1 aromatic rings. The second-order valence-corrected chi connectivity index (χ2v) is 7.45. The van der Waals surface area contributed by atoms with Crippen molar-refractivity contribution in [2.45, 2.75) is 39.5 Å². The van der Waals surface area contributed by atoms with Gasteiger partial charge in [-0.25, -0.2) is 0 Å². The topological polar surface area (TPSA) is 52.7 Å². The van der Waals surface area contributed by atoms with E-state index < -0.39 is 0 Å². The minimum Gasteiger partial charge on any atom is -0.342 e. The Kier molecular flexibility index (Phi) is 5.74. The van der Waals surface area contributed by atoms with Gasteiger partial charge >= 0.3 is 0 Å². The van der Waals surface area contributed by atoms with E-state index in [1.165, 1.54) is 11.1 Å². The quantitative estimate of drug-likeness (QED) is 0.914. The predicted molar refractivity (Wildman–Crippen MR) is 99.5 cm³/mol. The van der Waals surface area contributed by atoms with E-state index in [2.05, 4.69) is 17.1 Å². The second kappa shape index (κ2) is 8.00. The highest BCUT2D eigenvalue weighted by molar-refractivity contribution is 5.92. The van der Waals surface area contributed by atoms with Gasteiger partial charge in [0, 0.05) is 25.3 Å². The minimum atomic E-state index is -0.00229. The molecule has 25 heavy (non-hydrogen) atoms. The zero-order valence-corrected chi connectivity index (χ0v) is 15.4. The number of likely N-dealkylation sites (tertiary alicyclic amines) is 2. The van der Waals surface area contributed by atoms with Crippen LogP contribution in [-0.4, -0.2) is 54.3 Å². The summed E-state index contributed by atoms with van der Waals surface area (Å²) in [5.74, 6) is 0.343. The van der Waals surface area contributed by atoms with Crippen LogP contribution in [-0.2, 0) is 9.59 Å². The van der Waals surface area contributed by atoms with Crippen LogP contribution in [0.5, 0.6) is 0 Å². The summed E-state index contributed by atoms with van der Waals surface area (Å²) in [7, 11) is 0. The number of rotatable bonds is 4. The SMILES string of the molecule is Cc1ccc(NC(=O)CN2CCC[C@@H](C(=O)N3CCCC3)C2)cc1C. The predicted octanol–water partition coefficient (Wildman–Crippen LogP) is 2.58. The number of amides is 2. The van der Waals surface area contributed by atoms with Gasteiger partial charge in [0.05, 0.1) is 12.5 Å². The third kappa shape index (κ3) is 4.60. The van der Waals surface area contributed by atoms with Gasteiger partial charge in [-0.3, -0.25) is 14.5 Å². The van der Waals surface area contributed by atoms with E-state index in [0.29, 0.717) is 13.1 Å². The first-order valence-electron chi connectivity index (χ1n) is 9.41. The third-order valence-electron chi connectivity index (χ3n) is 5.43. The largest absolute Gasteiger partial charge is 0.342 e. The Labute approximate surface area is 150 Å².